The van der Waals surface area contributed by atoms with Crippen molar-refractivity contribution in [2.75, 3.05) is 26.2 Å². The van der Waals surface area contributed by atoms with Crippen LogP contribution in [0.15, 0.2) is 24.3 Å². The number of piperidine rings is 1. The summed E-state index contributed by atoms with van der Waals surface area (Å²) in [6.45, 7) is 4.77. The van der Waals surface area contributed by atoms with Gasteiger partial charge in [0.1, 0.15) is 0 Å². The van der Waals surface area contributed by atoms with Gasteiger partial charge in [-0.25, -0.2) is 0 Å². The molecule has 1 spiro atoms. The minimum atomic E-state index is -4.25. The van der Waals surface area contributed by atoms with Crippen LogP contribution in [-0.4, -0.2) is 31.1 Å². The monoisotopic (exact) mass is 334 g/mol. The zero-order chi connectivity index (χ0) is 14.9. The molecule has 22 heavy (non-hydrogen) atoms. The second-order valence-corrected chi connectivity index (χ2v) is 6.41. The van der Waals surface area contributed by atoms with E-state index in [0.29, 0.717) is 12.0 Å². The summed E-state index contributed by atoms with van der Waals surface area (Å²) in [5.41, 5.74) is 0.610. The van der Waals surface area contributed by atoms with Gasteiger partial charge in [0.25, 0.3) is 0 Å². The number of hydrogen-bond acceptors (Lipinski definition) is 2. The Balaban J connectivity index is 0.00000176. The molecule has 0 saturated carbocycles. The quantitative estimate of drug-likeness (QED) is 0.887. The molecule has 0 aromatic heterocycles. The van der Waals surface area contributed by atoms with Crippen LogP contribution in [0.4, 0.5) is 13.2 Å². The van der Waals surface area contributed by atoms with Crippen molar-refractivity contribution in [3.05, 3.63) is 35.4 Å². The first-order valence-electron chi connectivity index (χ1n) is 7.56. The summed E-state index contributed by atoms with van der Waals surface area (Å²) in [5.74, 6) is 0. The Labute approximate surface area is 135 Å². The second-order valence-electron chi connectivity index (χ2n) is 6.41. The first kappa shape index (κ1) is 17.6. The fourth-order valence-electron chi connectivity index (χ4n) is 3.63. The first-order valence-corrected chi connectivity index (χ1v) is 7.56. The van der Waals surface area contributed by atoms with Crippen LogP contribution in [-0.2, 0) is 12.7 Å². The highest BCUT2D eigenvalue weighted by molar-refractivity contribution is 5.85. The molecule has 2 aliphatic heterocycles. The number of halogens is 4. The Morgan fingerprint density at radius 3 is 2.55 bits per heavy atom. The maximum Gasteiger partial charge on any atom is 0.416 e. The van der Waals surface area contributed by atoms with Crippen LogP contribution >= 0.6 is 12.4 Å². The lowest BCUT2D eigenvalue weighted by molar-refractivity contribution is -0.137. The molecule has 0 unspecified atom stereocenters. The van der Waals surface area contributed by atoms with E-state index in [4.69, 9.17) is 0 Å². The van der Waals surface area contributed by atoms with E-state index >= 15 is 0 Å². The van der Waals surface area contributed by atoms with Gasteiger partial charge < -0.3 is 5.32 Å². The van der Waals surface area contributed by atoms with Crippen molar-refractivity contribution in [1.29, 1.82) is 0 Å². The van der Waals surface area contributed by atoms with Gasteiger partial charge in [-0.1, -0.05) is 18.2 Å². The third-order valence-corrected chi connectivity index (χ3v) is 4.84. The molecular formula is C16H22ClF3N2. The number of hydrogen-bond donors (Lipinski definition) is 1. The molecule has 0 amide bonds. The normalized spacial score (nSPS) is 21.8. The molecule has 2 nitrogen and oxygen atoms in total. The average molecular weight is 335 g/mol. The average Bonchev–Trinajstić information content (AvgIpc) is 2.81. The molecular weight excluding hydrogens is 313 g/mol. The van der Waals surface area contributed by atoms with Crippen LogP contribution in [0.25, 0.3) is 0 Å². The highest BCUT2D eigenvalue weighted by Gasteiger charge is 2.38. The molecule has 2 aliphatic rings. The second kappa shape index (κ2) is 6.77. The third-order valence-electron chi connectivity index (χ3n) is 4.84. The Kier molecular flexibility index (Phi) is 5.41. The number of alkyl halides is 3. The predicted octanol–water partition coefficient (Wildman–Crippen LogP) is 3.70. The summed E-state index contributed by atoms with van der Waals surface area (Å²) >= 11 is 0. The van der Waals surface area contributed by atoms with Crippen LogP contribution in [0.2, 0.25) is 0 Å². The Hall–Kier alpha value is -0.780. The molecule has 0 atom stereocenters. The molecule has 6 heteroatoms. The van der Waals surface area contributed by atoms with Crippen LogP contribution in [0, 0.1) is 5.41 Å². The van der Waals surface area contributed by atoms with Gasteiger partial charge >= 0.3 is 6.18 Å². The predicted molar refractivity (Wildman–Crippen MR) is 83.1 cm³/mol. The molecule has 2 fully saturated rings. The number of nitrogens with one attached hydrogen (secondary N) is 1. The molecule has 0 bridgehead atoms. The molecule has 1 aromatic carbocycles. The highest BCUT2D eigenvalue weighted by Crippen LogP contribution is 2.39. The molecule has 2 saturated heterocycles. The standard InChI is InChI=1S/C16H21F3N2.ClH/c17-16(18,19)14-3-1-2-13(10-14)11-21-9-6-15(12-21)4-7-20-8-5-15;/h1-3,10,20H,4-9,11-12H2;1H. The van der Waals surface area contributed by atoms with Crippen molar-refractivity contribution in [3.8, 4) is 0 Å². The number of likely N-dealkylation sites (tertiary alicyclic amines) is 1. The van der Waals surface area contributed by atoms with E-state index in [1.165, 1.54) is 31.4 Å². The van der Waals surface area contributed by atoms with E-state index in [0.717, 1.165) is 37.8 Å². The van der Waals surface area contributed by atoms with Gasteiger partial charge in [-0.3, -0.25) is 4.90 Å². The molecule has 124 valence electrons. The Morgan fingerprint density at radius 1 is 1.14 bits per heavy atom. The van der Waals surface area contributed by atoms with E-state index in [1.807, 2.05) is 0 Å². The Morgan fingerprint density at radius 2 is 1.86 bits per heavy atom. The van der Waals surface area contributed by atoms with Gasteiger partial charge in [0.05, 0.1) is 5.56 Å². The molecule has 3 rings (SSSR count). The van der Waals surface area contributed by atoms with E-state index in [1.54, 1.807) is 6.07 Å². The van der Waals surface area contributed by atoms with Gasteiger partial charge in [0, 0.05) is 13.1 Å². The number of nitrogens with zero attached hydrogens (tertiary/aromatic N) is 1. The fourth-order valence-corrected chi connectivity index (χ4v) is 3.63. The number of benzene rings is 1. The van der Waals surface area contributed by atoms with Crippen molar-refractivity contribution in [3.63, 3.8) is 0 Å². The summed E-state index contributed by atoms with van der Waals surface area (Å²) in [4.78, 5) is 2.31. The lowest BCUT2D eigenvalue weighted by Gasteiger charge is -2.34. The summed E-state index contributed by atoms with van der Waals surface area (Å²) in [5, 5.41) is 3.38. The topological polar surface area (TPSA) is 15.3 Å². The molecule has 1 aromatic rings. The van der Waals surface area contributed by atoms with Gasteiger partial charge in [0.2, 0.25) is 0 Å². The van der Waals surface area contributed by atoms with Crippen molar-refractivity contribution in [2.24, 2.45) is 5.41 Å². The molecule has 0 radical (unpaired) electrons. The largest absolute Gasteiger partial charge is 0.416 e. The minimum absolute atomic E-state index is 0. The summed E-state index contributed by atoms with van der Waals surface area (Å²) in [6.07, 6.45) is -0.705. The molecule has 2 heterocycles. The maximum atomic E-state index is 12.7. The smallest absolute Gasteiger partial charge is 0.317 e. The van der Waals surface area contributed by atoms with Crippen LogP contribution in [0.3, 0.4) is 0 Å². The van der Waals surface area contributed by atoms with Gasteiger partial charge in [0.15, 0.2) is 0 Å². The minimum Gasteiger partial charge on any atom is -0.317 e. The zero-order valence-electron chi connectivity index (χ0n) is 12.5. The van der Waals surface area contributed by atoms with E-state index in [2.05, 4.69) is 10.2 Å². The van der Waals surface area contributed by atoms with Crippen LogP contribution in [0.5, 0.6) is 0 Å². The van der Waals surface area contributed by atoms with Crippen molar-refractivity contribution in [2.45, 2.75) is 32.0 Å². The lowest BCUT2D eigenvalue weighted by atomic mass is 9.78. The molecule has 0 aliphatic carbocycles. The summed E-state index contributed by atoms with van der Waals surface area (Å²) in [7, 11) is 0. The maximum absolute atomic E-state index is 12.7. The van der Waals surface area contributed by atoms with Crippen molar-refractivity contribution >= 4 is 12.4 Å². The van der Waals surface area contributed by atoms with E-state index in [9.17, 15) is 13.2 Å². The molecule has 1 N–H and O–H groups in total. The highest BCUT2D eigenvalue weighted by atomic mass is 35.5. The summed E-state index contributed by atoms with van der Waals surface area (Å²) < 4.78 is 38.2. The van der Waals surface area contributed by atoms with Gasteiger partial charge in [-0.15, -0.1) is 12.4 Å². The van der Waals surface area contributed by atoms with E-state index < -0.39 is 11.7 Å². The van der Waals surface area contributed by atoms with E-state index in [-0.39, 0.29) is 12.4 Å². The third kappa shape index (κ3) is 3.94. The first-order chi connectivity index (χ1) is 9.97. The van der Waals surface area contributed by atoms with Gasteiger partial charge in [-0.05, 0) is 55.9 Å². The SMILES string of the molecule is Cl.FC(F)(F)c1cccc(CN2CCC3(CCNCC3)C2)c1. The fraction of sp³-hybridized carbons (Fsp3) is 0.625. The van der Waals surface area contributed by atoms with Crippen LogP contribution in [0.1, 0.15) is 30.4 Å². The van der Waals surface area contributed by atoms with Crippen LogP contribution < -0.4 is 5.32 Å². The van der Waals surface area contributed by atoms with Gasteiger partial charge in [-0.2, -0.15) is 13.2 Å². The lowest BCUT2D eigenvalue weighted by Crippen LogP contribution is -2.38. The summed E-state index contributed by atoms with van der Waals surface area (Å²) in [6, 6.07) is 5.73. The van der Waals surface area contributed by atoms with Crippen molar-refractivity contribution < 1.29 is 13.2 Å². The zero-order valence-corrected chi connectivity index (χ0v) is 13.3. The number of rotatable bonds is 2. The van der Waals surface area contributed by atoms with Crippen molar-refractivity contribution in [1.82, 2.24) is 10.2 Å². The Bertz CT molecular complexity index is 498.